The average molecular weight is 387 g/mol. The molecule has 2 heterocycles. The van der Waals surface area contributed by atoms with Gasteiger partial charge in [-0.2, -0.15) is 5.26 Å². The monoisotopic (exact) mass is 387 g/mol. The summed E-state index contributed by atoms with van der Waals surface area (Å²) in [6.07, 6.45) is 2.30. The van der Waals surface area contributed by atoms with E-state index >= 15 is 0 Å². The summed E-state index contributed by atoms with van der Waals surface area (Å²) in [7, 11) is 0. The summed E-state index contributed by atoms with van der Waals surface area (Å²) >= 11 is 0. The molecule has 2 aromatic carbocycles. The lowest BCUT2D eigenvalue weighted by molar-refractivity contribution is 0.0303. The lowest BCUT2D eigenvalue weighted by Gasteiger charge is -2.26. The Balaban J connectivity index is 1.38. The molecule has 0 spiro atoms. The molecule has 146 valence electrons. The highest BCUT2D eigenvalue weighted by atomic mass is 16.5. The van der Waals surface area contributed by atoms with Gasteiger partial charge >= 0.3 is 0 Å². The number of anilines is 1. The van der Waals surface area contributed by atoms with Crippen LogP contribution in [-0.2, 0) is 11.2 Å². The van der Waals surface area contributed by atoms with E-state index in [1.807, 2.05) is 35.2 Å². The van der Waals surface area contributed by atoms with Gasteiger partial charge in [-0.3, -0.25) is 4.79 Å². The Morgan fingerprint density at radius 3 is 2.69 bits per heavy atom. The maximum Gasteiger partial charge on any atom is 0.254 e. The highest BCUT2D eigenvalue weighted by Crippen LogP contribution is 2.20. The highest BCUT2D eigenvalue weighted by molar-refractivity contribution is 5.94. The predicted molar refractivity (Wildman–Crippen MR) is 110 cm³/mol. The van der Waals surface area contributed by atoms with Gasteiger partial charge in [-0.1, -0.05) is 12.1 Å². The van der Waals surface area contributed by atoms with E-state index in [-0.39, 0.29) is 5.91 Å². The Morgan fingerprint density at radius 1 is 1.14 bits per heavy atom. The number of nitrogens with one attached hydrogen (secondary N) is 1. The molecule has 1 aromatic heterocycles. The van der Waals surface area contributed by atoms with Crippen molar-refractivity contribution in [3.8, 4) is 6.07 Å². The van der Waals surface area contributed by atoms with Crippen LogP contribution < -0.4 is 5.32 Å². The Bertz CT molecular complexity index is 1050. The molecule has 3 aromatic rings. The number of nitriles is 1. The first kappa shape index (κ1) is 18.8. The van der Waals surface area contributed by atoms with Gasteiger partial charge < -0.3 is 15.0 Å². The SMILES string of the molecule is N#Cc1ccc2ncnc(NCCc3ccc(C(=O)N4CCOCC4)cc3)c2c1. The van der Waals surface area contributed by atoms with E-state index < -0.39 is 0 Å². The Kier molecular flexibility index (Phi) is 5.63. The number of carbonyl (C=O) groups is 1. The number of benzene rings is 2. The topological polar surface area (TPSA) is 91.1 Å². The van der Waals surface area contributed by atoms with Gasteiger partial charge in [0.1, 0.15) is 12.1 Å². The van der Waals surface area contributed by atoms with Gasteiger partial charge in [0, 0.05) is 30.6 Å². The van der Waals surface area contributed by atoms with Crippen molar-refractivity contribution in [3.05, 3.63) is 65.5 Å². The van der Waals surface area contributed by atoms with Crippen LogP contribution in [0, 0.1) is 11.3 Å². The first-order valence-electron chi connectivity index (χ1n) is 9.59. The van der Waals surface area contributed by atoms with Crippen LogP contribution in [0.4, 0.5) is 5.82 Å². The molecule has 0 bridgehead atoms. The second-order valence-electron chi connectivity index (χ2n) is 6.84. The van der Waals surface area contributed by atoms with Crippen molar-refractivity contribution < 1.29 is 9.53 Å². The molecule has 1 saturated heterocycles. The second-order valence-corrected chi connectivity index (χ2v) is 6.84. The largest absolute Gasteiger partial charge is 0.378 e. The molecule has 1 fully saturated rings. The third kappa shape index (κ3) is 4.33. The summed E-state index contributed by atoms with van der Waals surface area (Å²) in [4.78, 5) is 22.9. The number of hydrogen-bond acceptors (Lipinski definition) is 6. The summed E-state index contributed by atoms with van der Waals surface area (Å²) in [6.45, 7) is 3.17. The molecule has 1 aliphatic rings. The van der Waals surface area contributed by atoms with E-state index in [9.17, 15) is 4.79 Å². The zero-order valence-electron chi connectivity index (χ0n) is 16.0. The van der Waals surface area contributed by atoms with Gasteiger partial charge in [-0.25, -0.2) is 9.97 Å². The maximum absolute atomic E-state index is 12.5. The van der Waals surface area contributed by atoms with E-state index in [4.69, 9.17) is 10.00 Å². The number of hydrogen-bond donors (Lipinski definition) is 1. The highest BCUT2D eigenvalue weighted by Gasteiger charge is 2.18. The van der Waals surface area contributed by atoms with Crippen LogP contribution in [0.25, 0.3) is 10.9 Å². The smallest absolute Gasteiger partial charge is 0.254 e. The molecular weight excluding hydrogens is 366 g/mol. The Hall–Kier alpha value is -3.50. The zero-order chi connectivity index (χ0) is 20.1. The summed E-state index contributed by atoms with van der Waals surface area (Å²) < 4.78 is 5.30. The fourth-order valence-electron chi connectivity index (χ4n) is 3.36. The van der Waals surface area contributed by atoms with Gasteiger partial charge in [-0.05, 0) is 42.3 Å². The lowest BCUT2D eigenvalue weighted by Crippen LogP contribution is -2.40. The Morgan fingerprint density at radius 2 is 1.93 bits per heavy atom. The van der Waals surface area contributed by atoms with E-state index in [1.54, 1.807) is 12.1 Å². The molecule has 1 aliphatic heterocycles. The van der Waals surface area contributed by atoms with Crippen molar-refractivity contribution in [2.45, 2.75) is 6.42 Å². The van der Waals surface area contributed by atoms with Crippen LogP contribution >= 0.6 is 0 Å². The number of rotatable bonds is 5. The summed E-state index contributed by atoms with van der Waals surface area (Å²) in [5.41, 5.74) is 3.21. The fourth-order valence-corrected chi connectivity index (χ4v) is 3.36. The van der Waals surface area contributed by atoms with E-state index in [0.717, 1.165) is 22.9 Å². The molecule has 0 aliphatic carbocycles. The molecule has 29 heavy (non-hydrogen) atoms. The van der Waals surface area contributed by atoms with Crippen molar-refractivity contribution in [2.75, 3.05) is 38.2 Å². The lowest BCUT2D eigenvalue weighted by atomic mass is 10.1. The molecule has 1 amide bonds. The minimum Gasteiger partial charge on any atom is -0.378 e. The van der Waals surface area contributed by atoms with Crippen molar-refractivity contribution in [1.29, 1.82) is 5.26 Å². The molecule has 4 rings (SSSR count). The Labute approximate surface area is 169 Å². The second kappa shape index (κ2) is 8.67. The van der Waals surface area contributed by atoms with Gasteiger partial charge in [-0.15, -0.1) is 0 Å². The first-order chi connectivity index (χ1) is 14.2. The zero-order valence-corrected chi connectivity index (χ0v) is 16.0. The van der Waals surface area contributed by atoms with E-state index in [0.29, 0.717) is 49.8 Å². The van der Waals surface area contributed by atoms with E-state index in [2.05, 4.69) is 21.4 Å². The number of aromatic nitrogens is 2. The fraction of sp³-hybridized carbons (Fsp3) is 0.273. The summed E-state index contributed by atoms with van der Waals surface area (Å²) in [5, 5.41) is 13.3. The molecule has 0 saturated carbocycles. The molecule has 0 unspecified atom stereocenters. The van der Waals surface area contributed by atoms with Gasteiger partial charge in [0.15, 0.2) is 0 Å². The third-order valence-corrected chi connectivity index (χ3v) is 4.97. The number of carbonyl (C=O) groups excluding carboxylic acids is 1. The molecule has 1 N–H and O–H groups in total. The maximum atomic E-state index is 12.5. The van der Waals surface area contributed by atoms with E-state index in [1.165, 1.54) is 6.33 Å². The number of nitrogens with zero attached hydrogens (tertiary/aromatic N) is 4. The summed E-state index contributed by atoms with van der Waals surface area (Å²) in [6, 6.07) is 15.3. The standard InChI is InChI=1S/C22H21N5O2/c23-14-17-3-6-20-19(13-17)21(26-15-25-20)24-8-7-16-1-4-18(5-2-16)22(28)27-9-11-29-12-10-27/h1-6,13,15H,7-12H2,(H,24,25,26). The molecular formula is C22H21N5O2. The predicted octanol–water partition coefficient (Wildman–Crippen LogP) is 2.63. The molecule has 0 atom stereocenters. The number of amides is 1. The van der Waals surface area contributed by atoms with Crippen LogP contribution in [0.1, 0.15) is 21.5 Å². The van der Waals surface area contributed by atoms with Gasteiger partial charge in [0.2, 0.25) is 0 Å². The van der Waals surface area contributed by atoms with Crippen LogP contribution in [-0.4, -0.2) is 53.6 Å². The van der Waals surface area contributed by atoms with Gasteiger partial charge in [0.05, 0.1) is 30.4 Å². The van der Waals surface area contributed by atoms with Crippen molar-refractivity contribution in [2.24, 2.45) is 0 Å². The minimum absolute atomic E-state index is 0.0544. The van der Waals surface area contributed by atoms with Crippen molar-refractivity contribution in [3.63, 3.8) is 0 Å². The molecule has 7 heteroatoms. The quantitative estimate of drug-likeness (QED) is 0.724. The first-order valence-corrected chi connectivity index (χ1v) is 9.59. The molecule has 7 nitrogen and oxygen atoms in total. The average Bonchev–Trinajstić information content (AvgIpc) is 2.79. The normalized spacial score (nSPS) is 13.8. The van der Waals surface area contributed by atoms with Crippen LogP contribution in [0.5, 0.6) is 0 Å². The summed E-state index contributed by atoms with van der Waals surface area (Å²) in [5.74, 6) is 0.768. The number of morpholine rings is 1. The number of fused-ring (bicyclic) bond motifs is 1. The number of ether oxygens (including phenoxy) is 1. The third-order valence-electron chi connectivity index (χ3n) is 4.97. The van der Waals surface area contributed by atoms with Gasteiger partial charge in [0.25, 0.3) is 5.91 Å². The van der Waals surface area contributed by atoms with Crippen molar-refractivity contribution in [1.82, 2.24) is 14.9 Å². The minimum atomic E-state index is 0.0544. The van der Waals surface area contributed by atoms with Crippen molar-refractivity contribution >= 4 is 22.6 Å². The van der Waals surface area contributed by atoms with Crippen LogP contribution in [0.15, 0.2) is 48.8 Å². The molecule has 0 radical (unpaired) electrons. The van der Waals surface area contributed by atoms with Crippen LogP contribution in [0.3, 0.4) is 0 Å². The van der Waals surface area contributed by atoms with Crippen LogP contribution in [0.2, 0.25) is 0 Å².